The molecule has 0 aliphatic carbocycles. The molecule has 3 nitrogen and oxygen atoms in total. The Labute approximate surface area is 157 Å². The van der Waals surface area contributed by atoms with Crippen LogP contribution in [0, 0.1) is 41.5 Å². The molecule has 0 aliphatic heterocycles. The average molecular weight is 369 g/mol. The minimum atomic E-state index is -1.52. The molecule has 0 fully saturated rings. The van der Waals surface area contributed by atoms with Crippen LogP contribution in [0.3, 0.4) is 0 Å². The van der Waals surface area contributed by atoms with Crippen molar-refractivity contribution in [3.63, 3.8) is 0 Å². The fraction of sp³-hybridized carbons (Fsp3) is 0.364. The van der Waals surface area contributed by atoms with Gasteiger partial charge >= 0.3 is 0 Å². The number of aryl methyl sites for hydroxylation is 6. The smallest absolute Gasteiger partial charge is 0.192 e. The second-order valence-corrected chi connectivity index (χ2v) is 9.21. The first-order valence-electron chi connectivity index (χ1n) is 8.89. The third kappa shape index (κ3) is 4.11. The van der Waals surface area contributed by atoms with Crippen LogP contribution in [0.15, 0.2) is 24.3 Å². The summed E-state index contributed by atoms with van der Waals surface area (Å²) in [5.74, 6) is 0. The lowest BCUT2D eigenvalue weighted by Crippen LogP contribution is -2.17. The van der Waals surface area contributed by atoms with E-state index in [1.54, 1.807) is 0 Å². The lowest BCUT2D eigenvalue weighted by Gasteiger charge is -2.20. The number of carbonyl (C=O) groups excluding carboxylic acids is 2. The molecule has 0 bridgehead atoms. The van der Waals surface area contributed by atoms with Crippen LogP contribution in [0.2, 0.25) is 0 Å². The second kappa shape index (κ2) is 8.24. The zero-order chi connectivity index (χ0) is 19.6. The summed E-state index contributed by atoms with van der Waals surface area (Å²) >= 11 is 0. The zero-order valence-electron chi connectivity index (χ0n) is 16.6. The highest BCUT2D eigenvalue weighted by Crippen LogP contribution is 2.45. The van der Waals surface area contributed by atoms with Gasteiger partial charge in [-0.25, -0.2) is 0 Å². The summed E-state index contributed by atoms with van der Waals surface area (Å²) < 4.78 is 0. The second-order valence-electron chi connectivity index (χ2n) is 7.10. The minimum Gasteiger partial charge on any atom is -0.330 e. The molecular weight excluding hydrogens is 341 g/mol. The molecule has 0 radical (unpaired) electrons. The van der Waals surface area contributed by atoms with Gasteiger partial charge in [0.2, 0.25) is 0 Å². The zero-order valence-corrected chi connectivity index (χ0v) is 17.5. The maximum atomic E-state index is 13.3. The van der Waals surface area contributed by atoms with E-state index >= 15 is 0 Å². The number of nitrogens with two attached hydrogens (primary N) is 1. The van der Waals surface area contributed by atoms with E-state index < -0.39 is 7.92 Å². The van der Waals surface area contributed by atoms with Gasteiger partial charge in [-0.2, -0.15) is 0 Å². The molecule has 0 heterocycles. The summed E-state index contributed by atoms with van der Waals surface area (Å²) in [6.45, 7) is 12.1. The normalized spacial score (nSPS) is 11.1. The Balaban J connectivity index is 2.53. The molecule has 2 N–H and O–H groups in total. The topological polar surface area (TPSA) is 60.2 Å². The molecule has 4 heteroatoms. The Hall–Kier alpha value is -1.83. The van der Waals surface area contributed by atoms with Crippen molar-refractivity contribution in [2.24, 2.45) is 5.73 Å². The van der Waals surface area contributed by atoms with Crippen molar-refractivity contribution in [3.8, 4) is 0 Å². The molecule has 138 valence electrons. The average Bonchev–Trinajstić information content (AvgIpc) is 2.50. The summed E-state index contributed by atoms with van der Waals surface area (Å²) in [4.78, 5) is 26.7. The van der Waals surface area contributed by atoms with Crippen molar-refractivity contribution >= 4 is 19.0 Å². The van der Waals surface area contributed by atoms with Crippen molar-refractivity contribution in [2.45, 2.75) is 41.5 Å². The quantitative estimate of drug-likeness (QED) is 0.732. The van der Waals surface area contributed by atoms with Crippen molar-refractivity contribution in [3.05, 3.63) is 68.8 Å². The molecule has 26 heavy (non-hydrogen) atoms. The van der Waals surface area contributed by atoms with Crippen LogP contribution in [0.1, 0.15) is 54.1 Å². The van der Waals surface area contributed by atoms with Crippen molar-refractivity contribution in [1.29, 1.82) is 0 Å². The Morgan fingerprint density at radius 1 is 0.731 bits per heavy atom. The van der Waals surface area contributed by atoms with Crippen LogP contribution in [0.5, 0.6) is 0 Å². The van der Waals surface area contributed by atoms with E-state index in [4.69, 9.17) is 5.73 Å². The van der Waals surface area contributed by atoms with E-state index in [-0.39, 0.29) is 11.0 Å². The first-order chi connectivity index (χ1) is 12.2. The Morgan fingerprint density at radius 3 is 1.31 bits per heavy atom. The van der Waals surface area contributed by atoms with E-state index in [0.717, 1.165) is 33.4 Å². The van der Waals surface area contributed by atoms with E-state index in [9.17, 15) is 9.59 Å². The Morgan fingerprint density at radius 2 is 1.04 bits per heavy atom. The predicted molar refractivity (Wildman–Crippen MR) is 111 cm³/mol. The molecule has 0 saturated carbocycles. The lowest BCUT2D eigenvalue weighted by atomic mass is 10.0. The molecular formula is C22H28NO2P. The van der Waals surface area contributed by atoms with Gasteiger partial charge < -0.3 is 5.73 Å². The third-order valence-corrected chi connectivity index (χ3v) is 6.76. The fourth-order valence-corrected chi connectivity index (χ4v) is 5.82. The van der Waals surface area contributed by atoms with Crippen LogP contribution < -0.4 is 5.73 Å². The first-order valence-corrected chi connectivity index (χ1v) is 10.4. The third-order valence-electron chi connectivity index (χ3n) is 4.62. The molecule has 0 saturated heterocycles. The monoisotopic (exact) mass is 369 g/mol. The fourth-order valence-electron chi connectivity index (χ4n) is 3.73. The standard InChI is InChI=1S/C22H28NO2P/c1-13-9-15(3)19(16(4)10-13)21(24)26(8-7-23)22(25)20-17(5)11-14(2)12-18(20)6/h9-12H,7-8,23H2,1-6H3. The van der Waals surface area contributed by atoms with E-state index in [0.29, 0.717) is 23.8 Å². The van der Waals surface area contributed by atoms with Gasteiger partial charge in [0.25, 0.3) is 0 Å². The highest BCUT2D eigenvalue weighted by Gasteiger charge is 2.31. The van der Waals surface area contributed by atoms with E-state index in [1.807, 2.05) is 65.8 Å². The van der Waals surface area contributed by atoms with Gasteiger partial charge in [0.05, 0.1) is 0 Å². The van der Waals surface area contributed by atoms with Gasteiger partial charge in [-0.05, 0) is 76.5 Å². The van der Waals surface area contributed by atoms with Crippen molar-refractivity contribution < 1.29 is 9.59 Å². The summed E-state index contributed by atoms with van der Waals surface area (Å²) in [5, 5.41) is 0. The number of rotatable bonds is 6. The minimum absolute atomic E-state index is 0.0511. The molecule has 0 atom stereocenters. The number of hydrogen-bond acceptors (Lipinski definition) is 3. The molecule has 0 amide bonds. The first kappa shape index (κ1) is 20.5. The van der Waals surface area contributed by atoms with Gasteiger partial charge in [-0.15, -0.1) is 0 Å². The van der Waals surface area contributed by atoms with Crippen molar-refractivity contribution in [2.75, 3.05) is 12.7 Å². The maximum Gasteiger partial charge on any atom is 0.192 e. The van der Waals surface area contributed by atoms with Crippen LogP contribution in [-0.4, -0.2) is 23.8 Å². The molecule has 0 spiro atoms. The lowest BCUT2D eigenvalue weighted by molar-refractivity contribution is 0.105. The van der Waals surface area contributed by atoms with Crippen LogP contribution in [-0.2, 0) is 0 Å². The van der Waals surface area contributed by atoms with Crippen molar-refractivity contribution in [1.82, 2.24) is 0 Å². The largest absolute Gasteiger partial charge is 0.330 e. The molecule has 2 aromatic rings. The molecule has 0 aliphatic rings. The number of benzene rings is 2. The number of hydrogen-bond donors (Lipinski definition) is 1. The summed E-state index contributed by atoms with van der Waals surface area (Å²) in [6, 6.07) is 8.01. The van der Waals surface area contributed by atoms with E-state index in [2.05, 4.69) is 0 Å². The maximum absolute atomic E-state index is 13.3. The Bertz CT molecular complexity index is 755. The highest BCUT2D eigenvalue weighted by atomic mass is 31.1. The van der Waals surface area contributed by atoms with Crippen LogP contribution >= 0.6 is 7.92 Å². The van der Waals surface area contributed by atoms with Crippen LogP contribution in [0.25, 0.3) is 0 Å². The SMILES string of the molecule is Cc1cc(C)c(C(=O)P(CCN)C(=O)c2c(C)cc(C)cc2C)c(C)c1. The van der Waals surface area contributed by atoms with Gasteiger partial charge in [0.1, 0.15) is 0 Å². The van der Waals surface area contributed by atoms with Crippen LogP contribution in [0.4, 0.5) is 0 Å². The van der Waals surface area contributed by atoms with Gasteiger partial charge in [0.15, 0.2) is 11.0 Å². The van der Waals surface area contributed by atoms with Gasteiger partial charge in [0, 0.05) is 19.0 Å². The Kier molecular flexibility index (Phi) is 6.49. The number of carbonyl (C=O) groups is 2. The summed E-state index contributed by atoms with van der Waals surface area (Å²) in [7, 11) is -1.52. The highest BCUT2D eigenvalue weighted by molar-refractivity contribution is 7.90. The van der Waals surface area contributed by atoms with E-state index in [1.165, 1.54) is 0 Å². The molecule has 0 aromatic heterocycles. The predicted octanol–water partition coefficient (Wildman–Crippen LogP) is 4.96. The molecule has 2 aromatic carbocycles. The van der Waals surface area contributed by atoms with Gasteiger partial charge in [-0.1, -0.05) is 35.4 Å². The molecule has 2 rings (SSSR count). The molecule has 0 unspecified atom stereocenters. The summed E-state index contributed by atoms with van der Waals surface area (Å²) in [6.07, 6.45) is 0.423. The van der Waals surface area contributed by atoms with Gasteiger partial charge in [-0.3, -0.25) is 9.59 Å². The summed E-state index contributed by atoms with van der Waals surface area (Å²) in [5.41, 5.74) is 13.0.